The molecule has 1 unspecified atom stereocenters. The number of rotatable bonds is 4. The zero-order valence-electron chi connectivity index (χ0n) is 11.4. The smallest absolute Gasteiger partial charge is 0.337 e. The van der Waals surface area contributed by atoms with E-state index >= 15 is 0 Å². The molecule has 1 heterocycles. The monoisotopic (exact) mass is 308 g/mol. The van der Waals surface area contributed by atoms with Crippen LogP contribution in [0, 0.1) is 0 Å². The van der Waals surface area contributed by atoms with Crippen LogP contribution in [0.2, 0.25) is 5.02 Å². The molecular weight excluding hydrogens is 296 g/mol. The summed E-state index contributed by atoms with van der Waals surface area (Å²) in [4.78, 5) is 19.1. The number of benzene rings is 1. The molecular formula is C14H13ClN2O4. The average molecular weight is 309 g/mol. The number of ether oxygens (including phenoxy) is 1. The number of aliphatic hydroxyl groups is 1. The minimum atomic E-state index is -1.51. The first-order valence-electron chi connectivity index (χ1n) is 5.99. The van der Waals surface area contributed by atoms with Gasteiger partial charge in [-0.2, -0.15) is 4.98 Å². The predicted octanol–water partition coefficient (Wildman–Crippen LogP) is 2.09. The molecule has 0 aliphatic carbocycles. The first-order valence-corrected chi connectivity index (χ1v) is 6.37. The van der Waals surface area contributed by atoms with E-state index in [0.717, 1.165) is 0 Å². The van der Waals surface area contributed by atoms with Crippen LogP contribution in [-0.4, -0.2) is 33.3 Å². The average Bonchev–Trinajstić information content (AvgIpc) is 2.47. The molecule has 1 aromatic carbocycles. The number of nitrogens with zero attached hydrogens (tertiary/aromatic N) is 2. The van der Waals surface area contributed by atoms with Crippen LogP contribution < -0.4 is 4.74 Å². The number of hydrogen-bond donors (Lipinski definition) is 2. The Hall–Kier alpha value is -2.18. The molecule has 7 heteroatoms. The zero-order chi connectivity index (χ0) is 15.6. The molecule has 0 aliphatic heterocycles. The number of halogens is 1. The number of carboxylic acid groups (broad SMARTS) is 1. The van der Waals surface area contributed by atoms with Gasteiger partial charge in [0.25, 0.3) is 0 Å². The Labute approximate surface area is 126 Å². The van der Waals surface area contributed by atoms with Crippen molar-refractivity contribution in [2.75, 3.05) is 7.11 Å². The fourth-order valence-electron chi connectivity index (χ4n) is 1.85. The molecule has 2 aromatic rings. The highest BCUT2D eigenvalue weighted by Crippen LogP contribution is 2.30. The third-order valence-corrected chi connectivity index (χ3v) is 3.40. The van der Waals surface area contributed by atoms with Crippen LogP contribution in [0.15, 0.2) is 30.5 Å². The second-order valence-electron chi connectivity index (χ2n) is 4.50. The summed E-state index contributed by atoms with van der Waals surface area (Å²) >= 11 is 5.83. The fourth-order valence-corrected chi connectivity index (χ4v) is 2.05. The molecule has 0 saturated carbocycles. The summed E-state index contributed by atoms with van der Waals surface area (Å²) in [5, 5.41) is 19.9. The molecule has 6 nitrogen and oxygen atoms in total. The van der Waals surface area contributed by atoms with Gasteiger partial charge < -0.3 is 14.9 Å². The van der Waals surface area contributed by atoms with Crippen molar-refractivity contribution in [1.29, 1.82) is 0 Å². The molecule has 110 valence electrons. The highest BCUT2D eigenvalue weighted by Gasteiger charge is 2.29. The van der Waals surface area contributed by atoms with Crippen molar-refractivity contribution < 1.29 is 19.7 Å². The maximum atomic E-state index is 11.1. The van der Waals surface area contributed by atoms with Crippen LogP contribution in [0.5, 0.6) is 6.01 Å². The maximum absolute atomic E-state index is 11.1. The number of aromatic nitrogens is 2. The molecule has 0 radical (unpaired) electrons. The lowest BCUT2D eigenvalue weighted by Gasteiger charge is -2.23. The summed E-state index contributed by atoms with van der Waals surface area (Å²) in [7, 11) is 1.42. The van der Waals surface area contributed by atoms with E-state index in [0.29, 0.717) is 5.56 Å². The van der Waals surface area contributed by atoms with Crippen LogP contribution in [-0.2, 0) is 5.60 Å². The summed E-state index contributed by atoms with van der Waals surface area (Å²) in [6.45, 7) is 1.50. The summed E-state index contributed by atoms with van der Waals surface area (Å²) in [6, 6.07) is 5.92. The zero-order valence-corrected chi connectivity index (χ0v) is 12.1. The van der Waals surface area contributed by atoms with Gasteiger partial charge in [-0.05, 0) is 30.7 Å². The van der Waals surface area contributed by atoms with Gasteiger partial charge in [-0.1, -0.05) is 17.7 Å². The molecule has 0 spiro atoms. The molecule has 0 saturated heterocycles. The van der Waals surface area contributed by atoms with Gasteiger partial charge in [0.05, 0.1) is 23.4 Å². The van der Waals surface area contributed by atoms with Gasteiger partial charge in [0, 0.05) is 6.20 Å². The number of aromatic carboxylic acids is 1. The molecule has 0 amide bonds. The first-order chi connectivity index (χ1) is 9.86. The molecule has 1 aromatic heterocycles. The Morgan fingerprint density at radius 2 is 2.10 bits per heavy atom. The van der Waals surface area contributed by atoms with E-state index in [1.807, 2.05) is 0 Å². The normalized spacial score (nSPS) is 13.5. The van der Waals surface area contributed by atoms with Crippen LogP contribution in [0.25, 0.3) is 0 Å². The second kappa shape index (κ2) is 5.67. The van der Waals surface area contributed by atoms with Crippen molar-refractivity contribution in [3.05, 3.63) is 52.3 Å². The van der Waals surface area contributed by atoms with E-state index in [1.54, 1.807) is 6.07 Å². The van der Waals surface area contributed by atoms with Crippen LogP contribution in [0.4, 0.5) is 0 Å². The second-order valence-corrected chi connectivity index (χ2v) is 4.91. The van der Waals surface area contributed by atoms with Crippen molar-refractivity contribution in [2.45, 2.75) is 12.5 Å². The standard InChI is InChI=1S/C14H13ClN2O4/c1-14(20,11-5-6-16-13(17-11)21-2)8-3-4-10(15)9(7-8)12(18)19/h3-7,20H,1-2H3,(H,18,19). The third-order valence-electron chi connectivity index (χ3n) is 3.07. The lowest BCUT2D eigenvalue weighted by atomic mass is 9.91. The van der Waals surface area contributed by atoms with E-state index in [2.05, 4.69) is 9.97 Å². The lowest BCUT2D eigenvalue weighted by Crippen LogP contribution is -2.25. The quantitative estimate of drug-likeness (QED) is 0.898. The number of carboxylic acids is 1. The Balaban J connectivity index is 2.52. The Morgan fingerprint density at radius 3 is 2.71 bits per heavy atom. The minimum Gasteiger partial charge on any atom is -0.478 e. The number of carbonyl (C=O) groups is 1. The van der Waals surface area contributed by atoms with Gasteiger partial charge in [-0.3, -0.25) is 0 Å². The van der Waals surface area contributed by atoms with Gasteiger partial charge in [0.15, 0.2) is 0 Å². The number of methoxy groups -OCH3 is 1. The van der Waals surface area contributed by atoms with Gasteiger partial charge in [-0.15, -0.1) is 0 Å². The Kier molecular flexibility index (Phi) is 4.11. The summed E-state index contributed by atoms with van der Waals surface area (Å²) < 4.78 is 4.92. The van der Waals surface area contributed by atoms with Gasteiger partial charge in [-0.25, -0.2) is 9.78 Å². The Bertz CT molecular complexity index is 688. The third kappa shape index (κ3) is 2.96. The van der Waals surface area contributed by atoms with E-state index in [9.17, 15) is 9.90 Å². The summed E-state index contributed by atoms with van der Waals surface area (Å²) in [5.41, 5.74) is -0.959. The van der Waals surface area contributed by atoms with E-state index in [4.69, 9.17) is 21.4 Å². The van der Waals surface area contributed by atoms with E-state index in [1.165, 1.54) is 38.4 Å². The highest BCUT2D eigenvalue weighted by atomic mass is 35.5. The predicted molar refractivity (Wildman–Crippen MR) is 75.7 cm³/mol. The molecule has 0 bridgehead atoms. The topological polar surface area (TPSA) is 92.5 Å². The largest absolute Gasteiger partial charge is 0.478 e. The van der Waals surface area contributed by atoms with Gasteiger partial charge >= 0.3 is 12.0 Å². The molecule has 21 heavy (non-hydrogen) atoms. The fraction of sp³-hybridized carbons (Fsp3) is 0.214. The van der Waals surface area contributed by atoms with Crippen molar-refractivity contribution in [3.8, 4) is 6.01 Å². The van der Waals surface area contributed by atoms with Crippen LogP contribution in [0.1, 0.15) is 28.5 Å². The Morgan fingerprint density at radius 1 is 1.38 bits per heavy atom. The van der Waals surface area contributed by atoms with Crippen molar-refractivity contribution >= 4 is 17.6 Å². The van der Waals surface area contributed by atoms with Crippen molar-refractivity contribution in [2.24, 2.45) is 0 Å². The maximum Gasteiger partial charge on any atom is 0.337 e. The number of hydrogen-bond acceptors (Lipinski definition) is 5. The lowest BCUT2D eigenvalue weighted by molar-refractivity contribution is 0.0695. The van der Waals surface area contributed by atoms with Gasteiger partial charge in [0.2, 0.25) is 0 Å². The summed E-state index contributed by atoms with van der Waals surface area (Å²) in [6.07, 6.45) is 1.45. The molecule has 0 fully saturated rings. The molecule has 0 aliphatic rings. The van der Waals surface area contributed by atoms with E-state index in [-0.39, 0.29) is 22.3 Å². The van der Waals surface area contributed by atoms with Crippen LogP contribution >= 0.6 is 11.6 Å². The minimum absolute atomic E-state index is 0.0875. The van der Waals surface area contributed by atoms with Crippen LogP contribution in [0.3, 0.4) is 0 Å². The summed E-state index contributed by atoms with van der Waals surface area (Å²) in [5.74, 6) is -1.17. The van der Waals surface area contributed by atoms with E-state index < -0.39 is 11.6 Å². The molecule has 2 rings (SSSR count). The SMILES string of the molecule is COc1nccc(C(C)(O)c2ccc(Cl)c(C(=O)O)c2)n1. The van der Waals surface area contributed by atoms with Crippen molar-refractivity contribution in [1.82, 2.24) is 9.97 Å². The highest BCUT2D eigenvalue weighted by molar-refractivity contribution is 6.33. The molecule has 2 N–H and O–H groups in total. The first kappa shape index (κ1) is 15.2. The van der Waals surface area contributed by atoms with Crippen molar-refractivity contribution in [3.63, 3.8) is 0 Å². The molecule has 1 atom stereocenters. The van der Waals surface area contributed by atoms with Gasteiger partial charge in [0.1, 0.15) is 5.60 Å².